The van der Waals surface area contributed by atoms with Gasteiger partial charge in [-0.2, -0.15) is 0 Å². The second-order valence-electron chi connectivity index (χ2n) is 3.21. The summed E-state index contributed by atoms with van der Waals surface area (Å²) in [5, 5.41) is 0. The first-order valence-electron chi connectivity index (χ1n) is 4.18. The summed E-state index contributed by atoms with van der Waals surface area (Å²) in [4.78, 5) is 10.6. The highest BCUT2D eigenvalue weighted by Gasteiger charge is 2.07. The zero-order valence-electron chi connectivity index (χ0n) is 7.79. The van der Waals surface area contributed by atoms with Crippen LogP contribution in [0.2, 0.25) is 0 Å². The van der Waals surface area contributed by atoms with Crippen LogP contribution in [-0.2, 0) is 4.79 Å². The highest BCUT2D eigenvalue weighted by molar-refractivity contribution is 5.62. The SMILES string of the molecule is Cc1cccc(C(C)C=O)c1C. The molecule has 1 nitrogen and oxygen atoms in total. The monoisotopic (exact) mass is 162 g/mol. The molecule has 1 rings (SSSR count). The van der Waals surface area contributed by atoms with Gasteiger partial charge in [-0.25, -0.2) is 0 Å². The maximum Gasteiger partial charge on any atom is 0.127 e. The molecule has 1 unspecified atom stereocenters. The van der Waals surface area contributed by atoms with Gasteiger partial charge in [-0.3, -0.25) is 0 Å². The normalized spacial score (nSPS) is 12.6. The van der Waals surface area contributed by atoms with E-state index in [4.69, 9.17) is 0 Å². The number of hydrogen-bond acceptors (Lipinski definition) is 1. The summed E-state index contributed by atoms with van der Waals surface area (Å²) in [5.74, 6) is 0.0184. The minimum atomic E-state index is 0.0184. The first-order valence-corrected chi connectivity index (χ1v) is 4.18. The van der Waals surface area contributed by atoms with Gasteiger partial charge in [0, 0.05) is 5.92 Å². The van der Waals surface area contributed by atoms with Crippen molar-refractivity contribution in [1.82, 2.24) is 0 Å². The molecule has 0 N–H and O–H groups in total. The Morgan fingerprint density at radius 2 is 2.00 bits per heavy atom. The Kier molecular flexibility index (Phi) is 2.64. The minimum absolute atomic E-state index is 0.0184. The quantitative estimate of drug-likeness (QED) is 0.611. The van der Waals surface area contributed by atoms with Crippen LogP contribution in [0.25, 0.3) is 0 Å². The van der Waals surface area contributed by atoms with Crippen molar-refractivity contribution in [2.45, 2.75) is 26.7 Å². The number of aryl methyl sites for hydroxylation is 1. The first kappa shape index (κ1) is 8.98. The van der Waals surface area contributed by atoms with Gasteiger partial charge < -0.3 is 4.79 Å². The fraction of sp³-hybridized carbons (Fsp3) is 0.364. The second kappa shape index (κ2) is 3.53. The number of carbonyl (C=O) groups excluding carboxylic acids is 1. The lowest BCUT2D eigenvalue weighted by atomic mass is 9.95. The molecule has 0 bridgehead atoms. The molecule has 1 aromatic carbocycles. The zero-order valence-corrected chi connectivity index (χ0v) is 7.79. The molecule has 0 amide bonds. The van der Waals surface area contributed by atoms with Crippen LogP contribution < -0.4 is 0 Å². The number of benzene rings is 1. The molecule has 0 aliphatic heterocycles. The predicted octanol–water partition coefficient (Wildman–Crippen LogP) is 2.61. The van der Waals surface area contributed by atoms with Crippen molar-refractivity contribution in [2.75, 3.05) is 0 Å². The average molecular weight is 162 g/mol. The maximum atomic E-state index is 10.6. The summed E-state index contributed by atoms with van der Waals surface area (Å²) in [6.45, 7) is 6.05. The Balaban J connectivity index is 3.15. The van der Waals surface area contributed by atoms with Crippen LogP contribution in [0.1, 0.15) is 29.5 Å². The molecule has 0 saturated heterocycles. The molecule has 0 heterocycles. The molecule has 0 fully saturated rings. The van der Waals surface area contributed by atoms with E-state index in [1.165, 1.54) is 11.1 Å². The molecule has 1 atom stereocenters. The van der Waals surface area contributed by atoms with Crippen molar-refractivity contribution >= 4 is 6.29 Å². The van der Waals surface area contributed by atoms with Gasteiger partial charge in [0.05, 0.1) is 0 Å². The van der Waals surface area contributed by atoms with Gasteiger partial charge in [0.1, 0.15) is 6.29 Å². The van der Waals surface area contributed by atoms with Crippen LogP contribution in [-0.4, -0.2) is 6.29 Å². The van der Waals surface area contributed by atoms with Crippen LogP contribution in [0.15, 0.2) is 18.2 Å². The smallest absolute Gasteiger partial charge is 0.127 e. The summed E-state index contributed by atoms with van der Waals surface area (Å²) in [6.07, 6.45) is 0.988. The lowest BCUT2D eigenvalue weighted by Gasteiger charge is -2.10. The molecule has 12 heavy (non-hydrogen) atoms. The van der Waals surface area contributed by atoms with Gasteiger partial charge in [0.25, 0.3) is 0 Å². The van der Waals surface area contributed by atoms with Crippen LogP contribution >= 0.6 is 0 Å². The number of hydrogen-bond donors (Lipinski definition) is 0. The van der Waals surface area contributed by atoms with E-state index in [9.17, 15) is 4.79 Å². The Bertz CT molecular complexity index is 289. The van der Waals surface area contributed by atoms with Crippen molar-refractivity contribution in [3.8, 4) is 0 Å². The molecule has 1 aromatic rings. The summed E-state index contributed by atoms with van der Waals surface area (Å²) in [6, 6.07) is 6.08. The van der Waals surface area contributed by atoms with Crippen LogP contribution in [0.3, 0.4) is 0 Å². The number of carbonyl (C=O) groups is 1. The molecular formula is C11H14O. The Hall–Kier alpha value is -1.11. The molecule has 0 radical (unpaired) electrons. The van der Waals surface area contributed by atoms with Crippen molar-refractivity contribution in [2.24, 2.45) is 0 Å². The maximum absolute atomic E-state index is 10.6. The second-order valence-corrected chi connectivity index (χ2v) is 3.21. The van der Waals surface area contributed by atoms with Gasteiger partial charge >= 0.3 is 0 Å². The van der Waals surface area contributed by atoms with Crippen LogP contribution in [0.4, 0.5) is 0 Å². The van der Waals surface area contributed by atoms with E-state index in [1.807, 2.05) is 19.1 Å². The Labute approximate surface area is 73.4 Å². The summed E-state index contributed by atoms with van der Waals surface area (Å²) >= 11 is 0. The Morgan fingerprint density at radius 3 is 2.58 bits per heavy atom. The van der Waals surface area contributed by atoms with E-state index < -0.39 is 0 Å². The molecule has 0 spiro atoms. The first-order chi connectivity index (χ1) is 5.66. The molecular weight excluding hydrogens is 148 g/mol. The van der Waals surface area contributed by atoms with E-state index in [2.05, 4.69) is 19.9 Å². The highest BCUT2D eigenvalue weighted by Crippen LogP contribution is 2.19. The molecule has 0 aliphatic rings. The lowest BCUT2D eigenvalue weighted by molar-refractivity contribution is -0.108. The third-order valence-corrected chi connectivity index (χ3v) is 2.34. The standard InChI is InChI=1S/C11H14O/c1-8-5-4-6-11(10(8)3)9(2)7-12/h4-7,9H,1-3H3. The van der Waals surface area contributed by atoms with Crippen molar-refractivity contribution < 1.29 is 4.79 Å². The fourth-order valence-electron chi connectivity index (χ4n) is 1.34. The van der Waals surface area contributed by atoms with Crippen LogP contribution in [0.5, 0.6) is 0 Å². The zero-order chi connectivity index (χ0) is 9.14. The van der Waals surface area contributed by atoms with Gasteiger partial charge in [0.2, 0.25) is 0 Å². The van der Waals surface area contributed by atoms with E-state index in [-0.39, 0.29) is 5.92 Å². The predicted molar refractivity (Wildman–Crippen MR) is 50.4 cm³/mol. The summed E-state index contributed by atoms with van der Waals surface area (Å²) < 4.78 is 0. The molecule has 1 heteroatoms. The minimum Gasteiger partial charge on any atom is -0.303 e. The van der Waals surface area contributed by atoms with Gasteiger partial charge in [-0.15, -0.1) is 0 Å². The summed E-state index contributed by atoms with van der Waals surface area (Å²) in [5.41, 5.74) is 3.63. The van der Waals surface area contributed by atoms with Gasteiger partial charge in [-0.05, 0) is 30.5 Å². The van der Waals surface area contributed by atoms with Crippen molar-refractivity contribution in [3.63, 3.8) is 0 Å². The van der Waals surface area contributed by atoms with Crippen molar-refractivity contribution in [1.29, 1.82) is 0 Å². The number of rotatable bonds is 2. The average Bonchev–Trinajstić information content (AvgIpc) is 2.08. The number of aldehydes is 1. The topological polar surface area (TPSA) is 17.1 Å². The largest absolute Gasteiger partial charge is 0.303 e. The molecule has 0 aromatic heterocycles. The lowest BCUT2D eigenvalue weighted by Crippen LogP contribution is -1.98. The van der Waals surface area contributed by atoms with E-state index in [1.54, 1.807) is 0 Å². The third-order valence-electron chi connectivity index (χ3n) is 2.34. The van der Waals surface area contributed by atoms with Crippen LogP contribution in [0, 0.1) is 13.8 Å². The molecule has 0 aliphatic carbocycles. The molecule has 0 saturated carbocycles. The van der Waals surface area contributed by atoms with Crippen molar-refractivity contribution in [3.05, 3.63) is 34.9 Å². The summed E-state index contributed by atoms with van der Waals surface area (Å²) in [7, 11) is 0. The van der Waals surface area contributed by atoms with Gasteiger partial charge in [0.15, 0.2) is 0 Å². The van der Waals surface area contributed by atoms with E-state index in [0.717, 1.165) is 11.8 Å². The van der Waals surface area contributed by atoms with E-state index >= 15 is 0 Å². The van der Waals surface area contributed by atoms with E-state index in [0.29, 0.717) is 0 Å². The fourth-order valence-corrected chi connectivity index (χ4v) is 1.34. The third kappa shape index (κ3) is 1.55. The highest BCUT2D eigenvalue weighted by atomic mass is 16.1. The molecule has 64 valence electrons. The Morgan fingerprint density at radius 1 is 1.33 bits per heavy atom. The van der Waals surface area contributed by atoms with Gasteiger partial charge in [-0.1, -0.05) is 25.1 Å².